The Morgan fingerprint density at radius 1 is 1.50 bits per heavy atom. The number of aromatic nitrogens is 1. The molecule has 2 heterocycles. The summed E-state index contributed by atoms with van der Waals surface area (Å²) in [4.78, 5) is 29.6. The molecule has 0 bridgehead atoms. The van der Waals surface area contributed by atoms with Crippen molar-refractivity contribution in [1.29, 1.82) is 0 Å². The average Bonchev–Trinajstić information content (AvgIpc) is 2.84. The minimum absolute atomic E-state index is 0.116. The van der Waals surface area contributed by atoms with Gasteiger partial charge in [-0.05, 0) is 18.1 Å². The minimum Gasteiger partial charge on any atom is -0.452 e. The first-order valence-electron chi connectivity index (χ1n) is 6.94. The molecule has 0 N–H and O–H groups in total. The molecule has 5 nitrogen and oxygen atoms in total. The molecule has 0 spiro atoms. The maximum Gasteiger partial charge on any atom is 0.306 e. The van der Waals surface area contributed by atoms with E-state index in [4.69, 9.17) is 4.74 Å². The van der Waals surface area contributed by atoms with Crippen LogP contribution in [0.4, 0.5) is 0 Å². The minimum atomic E-state index is -0.620. The largest absolute Gasteiger partial charge is 0.452 e. The fourth-order valence-corrected chi connectivity index (χ4v) is 2.26. The molecule has 1 atom stereocenters. The standard InChI is InChI=1S/C15H20N2O3/c1-11(2)9-17(10-12-5-3-4-8-16-12)15(19)13-6-7-14(18)20-13/h3-5,8,11,13H,6-7,9-10H2,1-2H3/t13-/m0/s1. The van der Waals surface area contributed by atoms with Crippen molar-refractivity contribution >= 4 is 11.9 Å². The number of pyridine rings is 1. The fraction of sp³-hybridized carbons (Fsp3) is 0.533. The van der Waals surface area contributed by atoms with Gasteiger partial charge in [0.25, 0.3) is 5.91 Å². The Morgan fingerprint density at radius 2 is 2.30 bits per heavy atom. The molecule has 1 aromatic rings. The van der Waals surface area contributed by atoms with Crippen LogP contribution in [0.1, 0.15) is 32.4 Å². The van der Waals surface area contributed by atoms with E-state index in [1.165, 1.54) is 0 Å². The first kappa shape index (κ1) is 14.5. The highest BCUT2D eigenvalue weighted by atomic mass is 16.6. The van der Waals surface area contributed by atoms with E-state index in [-0.39, 0.29) is 11.9 Å². The third kappa shape index (κ3) is 3.79. The van der Waals surface area contributed by atoms with Crippen molar-refractivity contribution in [2.24, 2.45) is 5.92 Å². The van der Waals surface area contributed by atoms with Crippen LogP contribution in [-0.4, -0.2) is 34.4 Å². The van der Waals surface area contributed by atoms with Gasteiger partial charge < -0.3 is 9.64 Å². The zero-order chi connectivity index (χ0) is 14.5. The van der Waals surface area contributed by atoms with Gasteiger partial charge in [0.15, 0.2) is 6.10 Å². The number of rotatable bonds is 5. The van der Waals surface area contributed by atoms with E-state index in [0.29, 0.717) is 31.8 Å². The van der Waals surface area contributed by atoms with Crippen molar-refractivity contribution in [1.82, 2.24) is 9.88 Å². The van der Waals surface area contributed by atoms with Crippen LogP contribution < -0.4 is 0 Å². The number of ether oxygens (including phenoxy) is 1. The van der Waals surface area contributed by atoms with E-state index in [1.54, 1.807) is 11.1 Å². The zero-order valence-corrected chi connectivity index (χ0v) is 11.9. The summed E-state index contributed by atoms with van der Waals surface area (Å²) in [5, 5.41) is 0. The van der Waals surface area contributed by atoms with Gasteiger partial charge in [-0.15, -0.1) is 0 Å². The van der Waals surface area contributed by atoms with Gasteiger partial charge in [-0.2, -0.15) is 0 Å². The van der Waals surface area contributed by atoms with E-state index < -0.39 is 6.10 Å². The topological polar surface area (TPSA) is 59.5 Å². The molecule has 1 amide bonds. The summed E-state index contributed by atoms with van der Waals surface area (Å²) in [5.41, 5.74) is 0.839. The van der Waals surface area contributed by atoms with Crippen molar-refractivity contribution < 1.29 is 14.3 Å². The lowest BCUT2D eigenvalue weighted by atomic mass is 10.1. The third-order valence-corrected chi connectivity index (χ3v) is 3.14. The molecule has 1 saturated heterocycles. The highest BCUT2D eigenvalue weighted by molar-refractivity contribution is 5.86. The molecule has 5 heteroatoms. The van der Waals surface area contributed by atoms with Crippen LogP contribution in [-0.2, 0) is 20.9 Å². The third-order valence-electron chi connectivity index (χ3n) is 3.14. The average molecular weight is 276 g/mol. The molecule has 0 aliphatic carbocycles. The van der Waals surface area contributed by atoms with Crippen molar-refractivity contribution in [2.45, 2.75) is 39.3 Å². The maximum absolute atomic E-state index is 12.5. The summed E-state index contributed by atoms with van der Waals surface area (Å²) in [6.45, 7) is 5.19. The van der Waals surface area contributed by atoms with Crippen LogP contribution in [0.5, 0.6) is 0 Å². The maximum atomic E-state index is 12.5. The monoisotopic (exact) mass is 276 g/mol. The first-order chi connectivity index (χ1) is 9.56. The normalized spacial score (nSPS) is 18.1. The van der Waals surface area contributed by atoms with Gasteiger partial charge in [0, 0.05) is 25.6 Å². The lowest BCUT2D eigenvalue weighted by Crippen LogP contribution is -2.40. The van der Waals surface area contributed by atoms with Gasteiger partial charge in [-0.25, -0.2) is 0 Å². The summed E-state index contributed by atoms with van der Waals surface area (Å²) >= 11 is 0. The Balaban J connectivity index is 2.06. The smallest absolute Gasteiger partial charge is 0.306 e. The summed E-state index contributed by atoms with van der Waals surface area (Å²) in [7, 11) is 0. The van der Waals surface area contributed by atoms with Crippen molar-refractivity contribution in [3.63, 3.8) is 0 Å². The Morgan fingerprint density at radius 3 is 2.85 bits per heavy atom. The Kier molecular flexibility index (Phi) is 4.71. The Hall–Kier alpha value is -1.91. The summed E-state index contributed by atoms with van der Waals surface area (Å²) in [5.74, 6) is -0.0550. The van der Waals surface area contributed by atoms with Gasteiger partial charge in [0.2, 0.25) is 0 Å². The van der Waals surface area contributed by atoms with Gasteiger partial charge >= 0.3 is 5.97 Å². The second-order valence-corrected chi connectivity index (χ2v) is 5.45. The molecular formula is C15H20N2O3. The Bertz CT molecular complexity index is 473. The van der Waals surface area contributed by atoms with Crippen molar-refractivity contribution in [3.05, 3.63) is 30.1 Å². The number of amides is 1. The number of cyclic esters (lactones) is 1. The van der Waals surface area contributed by atoms with Gasteiger partial charge in [0.05, 0.1) is 12.2 Å². The predicted octanol–water partition coefficient (Wildman–Crippen LogP) is 1.77. The molecule has 1 fully saturated rings. The number of carbonyl (C=O) groups is 2. The van der Waals surface area contributed by atoms with Crippen LogP contribution in [0.2, 0.25) is 0 Å². The lowest BCUT2D eigenvalue weighted by Gasteiger charge is -2.26. The fourth-order valence-electron chi connectivity index (χ4n) is 2.26. The second kappa shape index (κ2) is 6.50. The van der Waals surface area contributed by atoms with E-state index in [2.05, 4.69) is 18.8 Å². The summed E-state index contributed by atoms with van der Waals surface area (Å²) < 4.78 is 5.07. The van der Waals surface area contributed by atoms with Gasteiger partial charge in [-0.3, -0.25) is 14.6 Å². The van der Waals surface area contributed by atoms with Gasteiger partial charge in [-0.1, -0.05) is 19.9 Å². The van der Waals surface area contributed by atoms with Crippen LogP contribution >= 0.6 is 0 Å². The number of esters is 1. The highest BCUT2D eigenvalue weighted by Gasteiger charge is 2.33. The number of nitrogens with zero attached hydrogens (tertiary/aromatic N) is 2. The molecular weight excluding hydrogens is 256 g/mol. The lowest BCUT2D eigenvalue weighted by molar-refractivity contribution is -0.153. The van der Waals surface area contributed by atoms with Crippen LogP contribution in [0.3, 0.4) is 0 Å². The SMILES string of the molecule is CC(C)CN(Cc1ccccn1)C(=O)[C@@H]1CCC(=O)O1. The van der Waals surface area contributed by atoms with Crippen LogP contribution in [0.15, 0.2) is 24.4 Å². The van der Waals surface area contributed by atoms with Crippen LogP contribution in [0, 0.1) is 5.92 Å². The molecule has 0 unspecified atom stereocenters. The van der Waals surface area contributed by atoms with E-state index in [9.17, 15) is 9.59 Å². The second-order valence-electron chi connectivity index (χ2n) is 5.45. The molecule has 1 aliphatic rings. The summed E-state index contributed by atoms with van der Waals surface area (Å²) in [6.07, 6.45) is 1.90. The van der Waals surface area contributed by atoms with Crippen LogP contribution in [0.25, 0.3) is 0 Å². The quantitative estimate of drug-likeness (QED) is 0.769. The molecule has 0 aromatic carbocycles. The molecule has 0 radical (unpaired) electrons. The van der Waals surface area contributed by atoms with E-state index in [1.807, 2.05) is 18.2 Å². The molecule has 2 rings (SSSR count). The van der Waals surface area contributed by atoms with E-state index >= 15 is 0 Å². The number of carbonyl (C=O) groups excluding carboxylic acids is 2. The number of hydrogen-bond donors (Lipinski definition) is 0. The molecule has 1 aliphatic heterocycles. The highest BCUT2D eigenvalue weighted by Crippen LogP contribution is 2.18. The molecule has 20 heavy (non-hydrogen) atoms. The molecule has 1 aromatic heterocycles. The van der Waals surface area contributed by atoms with Gasteiger partial charge in [0.1, 0.15) is 0 Å². The van der Waals surface area contributed by atoms with Crippen molar-refractivity contribution in [3.8, 4) is 0 Å². The Labute approximate surface area is 118 Å². The van der Waals surface area contributed by atoms with E-state index in [0.717, 1.165) is 5.69 Å². The summed E-state index contributed by atoms with van der Waals surface area (Å²) in [6, 6.07) is 5.63. The first-order valence-corrected chi connectivity index (χ1v) is 6.94. The molecule has 0 saturated carbocycles. The molecule has 108 valence electrons. The number of hydrogen-bond acceptors (Lipinski definition) is 4. The van der Waals surface area contributed by atoms with Crippen molar-refractivity contribution in [2.75, 3.05) is 6.54 Å². The zero-order valence-electron chi connectivity index (χ0n) is 11.9. The predicted molar refractivity (Wildman–Crippen MR) is 73.6 cm³/mol.